The molecule has 2 aromatic carbocycles. The SMILES string of the molecule is C/C(=C\COc1c2c(cc3occc13)OC1(C=C2)OC(CC/C(C)=C/CCc2ccc3ccc(=O)oc3c2)C(C)(C)O1)CCC1OC1(C)C. The fourth-order valence-corrected chi connectivity index (χ4v) is 6.84. The molecule has 1 spiro atoms. The minimum absolute atomic E-state index is 0.0117. The zero-order chi connectivity index (χ0) is 34.4. The number of allylic oxidation sites excluding steroid dienone is 3. The number of rotatable bonds is 12. The van der Waals surface area contributed by atoms with Crippen LogP contribution in [0.25, 0.3) is 28.0 Å². The Balaban J connectivity index is 0.974. The quantitative estimate of drug-likeness (QED) is 0.0839. The normalized spacial score (nSPS) is 24.0. The lowest BCUT2D eigenvalue weighted by Gasteiger charge is -2.30. The van der Waals surface area contributed by atoms with E-state index in [1.165, 1.54) is 17.2 Å². The fourth-order valence-electron chi connectivity index (χ4n) is 6.84. The maximum Gasteiger partial charge on any atom is 0.350 e. The Bertz CT molecular complexity index is 2010. The first-order valence-electron chi connectivity index (χ1n) is 17.3. The van der Waals surface area contributed by atoms with E-state index in [-0.39, 0.29) is 17.3 Å². The average Bonchev–Trinajstić information content (AvgIpc) is 3.31. The van der Waals surface area contributed by atoms with Crippen molar-refractivity contribution >= 4 is 28.0 Å². The van der Waals surface area contributed by atoms with Crippen LogP contribution in [0.4, 0.5) is 0 Å². The van der Waals surface area contributed by atoms with Crippen molar-refractivity contribution in [3.63, 3.8) is 0 Å². The van der Waals surface area contributed by atoms with E-state index in [1.54, 1.807) is 12.3 Å². The Labute approximate surface area is 287 Å². The summed E-state index contributed by atoms with van der Waals surface area (Å²) < 4.78 is 42.8. The molecule has 0 amide bonds. The first-order valence-corrected chi connectivity index (χ1v) is 17.3. The molecule has 0 saturated carbocycles. The van der Waals surface area contributed by atoms with E-state index in [2.05, 4.69) is 45.9 Å². The van der Waals surface area contributed by atoms with Crippen molar-refractivity contribution in [1.82, 2.24) is 0 Å². The Morgan fingerprint density at radius 1 is 0.878 bits per heavy atom. The maximum absolute atomic E-state index is 11.6. The number of ether oxygens (including phenoxy) is 5. The molecule has 49 heavy (non-hydrogen) atoms. The molecule has 0 N–H and O–H groups in total. The third kappa shape index (κ3) is 7.28. The molecule has 8 nitrogen and oxygen atoms in total. The number of aryl methyl sites for hydroxylation is 1. The average molecular weight is 667 g/mol. The van der Waals surface area contributed by atoms with Gasteiger partial charge in [0.25, 0.3) is 0 Å². The van der Waals surface area contributed by atoms with Gasteiger partial charge >= 0.3 is 11.6 Å². The number of hydrogen-bond acceptors (Lipinski definition) is 8. The third-order valence-corrected chi connectivity index (χ3v) is 9.94. The van der Waals surface area contributed by atoms with Crippen LogP contribution in [0.2, 0.25) is 0 Å². The Hall–Kier alpha value is -4.11. The van der Waals surface area contributed by atoms with Gasteiger partial charge in [0.05, 0.1) is 40.6 Å². The largest absolute Gasteiger partial charge is 0.488 e. The lowest BCUT2D eigenvalue weighted by molar-refractivity contribution is -0.270. The molecule has 8 heteroatoms. The van der Waals surface area contributed by atoms with Crippen molar-refractivity contribution in [1.29, 1.82) is 0 Å². The smallest absolute Gasteiger partial charge is 0.350 e. The lowest BCUT2D eigenvalue weighted by atomic mass is 9.95. The topological polar surface area (TPSA) is 92.8 Å². The molecule has 0 aliphatic carbocycles. The van der Waals surface area contributed by atoms with Gasteiger partial charge in [-0.1, -0.05) is 29.4 Å². The van der Waals surface area contributed by atoms with E-state index < -0.39 is 11.6 Å². The molecule has 3 unspecified atom stereocenters. The monoisotopic (exact) mass is 666 g/mol. The molecular weight excluding hydrogens is 620 g/mol. The summed E-state index contributed by atoms with van der Waals surface area (Å²) >= 11 is 0. The highest BCUT2D eigenvalue weighted by Gasteiger charge is 2.54. The van der Waals surface area contributed by atoms with Gasteiger partial charge in [-0.3, -0.25) is 0 Å². The van der Waals surface area contributed by atoms with Crippen LogP contribution >= 0.6 is 0 Å². The van der Waals surface area contributed by atoms with Crippen molar-refractivity contribution < 1.29 is 32.5 Å². The van der Waals surface area contributed by atoms with Crippen LogP contribution < -0.4 is 15.1 Å². The van der Waals surface area contributed by atoms with Crippen LogP contribution in [0, 0.1) is 0 Å². The fraction of sp³-hybridized carbons (Fsp3) is 0.439. The summed E-state index contributed by atoms with van der Waals surface area (Å²) in [5.41, 5.74) is 4.94. The molecule has 0 bridgehead atoms. The second kappa shape index (κ2) is 13.0. The van der Waals surface area contributed by atoms with Crippen molar-refractivity contribution in [3.8, 4) is 11.5 Å². The van der Waals surface area contributed by atoms with Crippen LogP contribution in [0.15, 0.2) is 91.7 Å². The molecule has 5 heterocycles. The van der Waals surface area contributed by atoms with E-state index >= 15 is 0 Å². The maximum atomic E-state index is 11.6. The van der Waals surface area contributed by atoms with Gasteiger partial charge in [0.1, 0.15) is 29.3 Å². The van der Waals surface area contributed by atoms with Gasteiger partial charge in [0, 0.05) is 23.6 Å². The molecule has 3 aliphatic heterocycles. The van der Waals surface area contributed by atoms with Crippen molar-refractivity contribution in [2.24, 2.45) is 0 Å². The van der Waals surface area contributed by atoms with Crippen molar-refractivity contribution in [3.05, 3.63) is 99.6 Å². The summed E-state index contributed by atoms with van der Waals surface area (Å²) in [6, 6.07) is 13.1. The molecule has 7 rings (SSSR count). The molecule has 2 saturated heterocycles. The van der Waals surface area contributed by atoms with Gasteiger partial charge in [-0.05, 0) is 116 Å². The van der Waals surface area contributed by atoms with Gasteiger partial charge in [0.2, 0.25) is 0 Å². The molecule has 3 atom stereocenters. The molecular formula is C41H46O8. The van der Waals surface area contributed by atoms with E-state index in [1.807, 2.05) is 50.3 Å². The van der Waals surface area contributed by atoms with Crippen molar-refractivity contribution in [2.75, 3.05) is 6.61 Å². The summed E-state index contributed by atoms with van der Waals surface area (Å²) in [6.45, 7) is 13.1. The summed E-state index contributed by atoms with van der Waals surface area (Å²) in [6.07, 6.45) is 15.4. The highest BCUT2D eigenvalue weighted by atomic mass is 16.9. The molecule has 4 aromatic rings. The van der Waals surface area contributed by atoms with Gasteiger partial charge in [-0.25, -0.2) is 4.79 Å². The van der Waals surface area contributed by atoms with E-state index in [0.717, 1.165) is 60.4 Å². The third-order valence-electron chi connectivity index (χ3n) is 9.94. The number of epoxide rings is 1. The Kier molecular flexibility index (Phi) is 8.84. The van der Waals surface area contributed by atoms with Crippen LogP contribution in [-0.2, 0) is 20.6 Å². The Morgan fingerprint density at radius 2 is 1.61 bits per heavy atom. The summed E-state index contributed by atoms with van der Waals surface area (Å²) in [4.78, 5) is 11.6. The predicted octanol–water partition coefficient (Wildman–Crippen LogP) is 9.43. The van der Waals surface area contributed by atoms with Gasteiger partial charge in [0.15, 0.2) is 0 Å². The van der Waals surface area contributed by atoms with Crippen LogP contribution in [0.1, 0.15) is 84.8 Å². The predicted molar refractivity (Wildman–Crippen MR) is 190 cm³/mol. The second-order valence-electron chi connectivity index (χ2n) is 14.7. The highest BCUT2D eigenvalue weighted by molar-refractivity contribution is 5.91. The number of hydrogen-bond donors (Lipinski definition) is 0. The molecule has 2 aromatic heterocycles. The standard InChI is InChI=1S/C41H46O8/c1-26(8-7-9-28-12-13-29-14-17-37(42)45-32(29)24-28)10-16-36-40(5,6)49-41(48-36)21-18-30-34(46-41)25-33-31(20-23-43-33)38(30)44-22-19-27(2)11-15-35-39(3,4)47-35/h8,12-14,17-21,23-25,35-36H,7,9-11,15-16,22H2,1-6H3/b26-8+,27-19+. The summed E-state index contributed by atoms with van der Waals surface area (Å²) in [5, 5.41) is 1.82. The number of furan rings is 1. The molecule has 0 radical (unpaired) electrons. The second-order valence-corrected chi connectivity index (χ2v) is 14.7. The molecule has 3 aliphatic rings. The number of fused-ring (bicyclic) bond motifs is 3. The molecule has 258 valence electrons. The molecule has 2 fully saturated rings. The van der Waals surface area contributed by atoms with Gasteiger partial charge in [-0.2, -0.15) is 0 Å². The highest BCUT2D eigenvalue weighted by Crippen LogP contribution is 2.48. The first-order chi connectivity index (χ1) is 23.4. The van der Waals surface area contributed by atoms with Crippen LogP contribution in [-0.4, -0.2) is 36.0 Å². The van der Waals surface area contributed by atoms with Crippen LogP contribution in [0.3, 0.4) is 0 Å². The van der Waals surface area contributed by atoms with E-state index in [4.69, 9.17) is 32.5 Å². The minimum atomic E-state index is -1.34. The van der Waals surface area contributed by atoms with E-state index in [0.29, 0.717) is 35.4 Å². The van der Waals surface area contributed by atoms with E-state index in [9.17, 15) is 4.79 Å². The van der Waals surface area contributed by atoms with Gasteiger partial charge in [-0.15, -0.1) is 0 Å². The van der Waals surface area contributed by atoms with Gasteiger partial charge < -0.3 is 32.5 Å². The zero-order valence-corrected chi connectivity index (χ0v) is 29.3. The van der Waals surface area contributed by atoms with Crippen molar-refractivity contribution in [2.45, 2.75) is 109 Å². The number of benzene rings is 2. The lowest BCUT2D eigenvalue weighted by Crippen LogP contribution is -2.38. The summed E-state index contributed by atoms with van der Waals surface area (Å²) in [5.74, 6) is -0.0311. The first kappa shape index (κ1) is 33.4. The zero-order valence-electron chi connectivity index (χ0n) is 29.3. The minimum Gasteiger partial charge on any atom is -0.488 e. The Morgan fingerprint density at radius 3 is 2.39 bits per heavy atom. The summed E-state index contributed by atoms with van der Waals surface area (Å²) in [7, 11) is 0. The van der Waals surface area contributed by atoms with Crippen LogP contribution in [0.5, 0.6) is 11.5 Å².